The summed E-state index contributed by atoms with van der Waals surface area (Å²) in [6.45, 7) is 10.2. The minimum atomic E-state index is -0.427. The Bertz CT molecular complexity index is 451. The van der Waals surface area contributed by atoms with E-state index in [0.717, 1.165) is 31.6 Å². The second kappa shape index (κ2) is 6.52. The van der Waals surface area contributed by atoms with E-state index in [-0.39, 0.29) is 12.1 Å². The summed E-state index contributed by atoms with van der Waals surface area (Å²) in [4.78, 5) is 13.8. The lowest BCUT2D eigenvalue weighted by Gasteiger charge is -2.24. The molecule has 21 heavy (non-hydrogen) atoms. The van der Waals surface area contributed by atoms with Crippen LogP contribution < -0.4 is 5.32 Å². The maximum absolute atomic E-state index is 12.0. The Morgan fingerprint density at radius 3 is 2.95 bits per heavy atom. The van der Waals surface area contributed by atoms with Gasteiger partial charge in [-0.25, -0.2) is 4.79 Å². The number of carbonyl (C=O) groups excluding carboxylic acids is 1. The van der Waals surface area contributed by atoms with Crippen molar-refractivity contribution in [1.82, 2.24) is 10.2 Å². The minimum absolute atomic E-state index is 0.201. The van der Waals surface area contributed by atoms with Crippen molar-refractivity contribution in [3.8, 4) is 0 Å². The third kappa shape index (κ3) is 4.77. The van der Waals surface area contributed by atoms with E-state index in [2.05, 4.69) is 12.2 Å². The zero-order valence-corrected chi connectivity index (χ0v) is 13.4. The maximum Gasteiger partial charge on any atom is 0.410 e. The number of rotatable bonds is 4. The van der Waals surface area contributed by atoms with E-state index in [1.54, 1.807) is 17.4 Å². The van der Waals surface area contributed by atoms with Crippen LogP contribution in [0.15, 0.2) is 23.0 Å². The molecule has 1 N–H and O–H groups in total. The van der Waals surface area contributed by atoms with Crippen LogP contribution in [0.1, 0.15) is 45.7 Å². The molecule has 1 aromatic rings. The van der Waals surface area contributed by atoms with E-state index in [9.17, 15) is 4.79 Å². The van der Waals surface area contributed by atoms with Gasteiger partial charge in [0.25, 0.3) is 0 Å². The number of likely N-dealkylation sites (tertiary alicyclic amines) is 1. The van der Waals surface area contributed by atoms with Crippen LogP contribution in [0.5, 0.6) is 0 Å². The van der Waals surface area contributed by atoms with Crippen molar-refractivity contribution >= 4 is 6.09 Å². The molecule has 2 heterocycles. The van der Waals surface area contributed by atoms with Crippen molar-refractivity contribution in [2.45, 2.75) is 45.8 Å². The zero-order chi connectivity index (χ0) is 15.5. The summed E-state index contributed by atoms with van der Waals surface area (Å²) in [6, 6.07) is 2.23. The van der Waals surface area contributed by atoms with E-state index in [1.807, 2.05) is 26.8 Å². The van der Waals surface area contributed by atoms with Crippen LogP contribution in [0.4, 0.5) is 4.79 Å². The van der Waals surface area contributed by atoms with Crippen LogP contribution in [0, 0.1) is 5.92 Å². The van der Waals surface area contributed by atoms with Crippen molar-refractivity contribution in [2.75, 3.05) is 19.6 Å². The van der Waals surface area contributed by atoms with E-state index in [0.29, 0.717) is 5.92 Å². The first-order valence-corrected chi connectivity index (χ1v) is 7.58. The summed E-state index contributed by atoms with van der Waals surface area (Å²) in [7, 11) is 0. The molecule has 1 saturated heterocycles. The molecule has 1 aliphatic rings. The third-order valence-corrected chi connectivity index (χ3v) is 3.69. The fourth-order valence-corrected chi connectivity index (χ4v) is 2.47. The van der Waals surface area contributed by atoms with Gasteiger partial charge >= 0.3 is 6.09 Å². The van der Waals surface area contributed by atoms with Gasteiger partial charge in [0.05, 0.1) is 12.5 Å². The van der Waals surface area contributed by atoms with Gasteiger partial charge in [0, 0.05) is 31.2 Å². The molecular formula is C16H26N2O3. The smallest absolute Gasteiger partial charge is 0.410 e. The van der Waals surface area contributed by atoms with Gasteiger partial charge in [-0.15, -0.1) is 0 Å². The van der Waals surface area contributed by atoms with Gasteiger partial charge in [-0.2, -0.15) is 0 Å². The molecule has 2 atom stereocenters. The molecule has 0 aromatic carbocycles. The standard InChI is InChI=1S/C16H26N2O3/c1-12(14-6-8-20-11-14)17-9-13-5-7-18(10-13)15(19)21-16(2,3)4/h6,8,11-13,17H,5,7,9-10H2,1-4H3. The van der Waals surface area contributed by atoms with Gasteiger partial charge < -0.3 is 19.4 Å². The Hall–Kier alpha value is -1.49. The second-order valence-corrected chi connectivity index (χ2v) is 6.77. The lowest BCUT2D eigenvalue weighted by molar-refractivity contribution is 0.0288. The van der Waals surface area contributed by atoms with Crippen LogP contribution in [0.3, 0.4) is 0 Å². The molecule has 1 amide bonds. The molecule has 0 saturated carbocycles. The Labute approximate surface area is 126 Å². The number of nitrogens with zero attached hydrogens (tertiary/aromatic N) is 1. The van der Waals surface area contributed by atoms with E-state index in [1.165, 1.54) is 0 Å². The van der Waals surface area contributed by atoms with Crippen molar-refractivity contribution in [3.05, 3.63) is 24.2 Å². The fourth-order valence-electron chi connectivity index (χ4n) is 2.47. The molecule has 0 aliphatic carbocycles. The molecule has 1 fully saturated rings. The predicted octanol–water partition coefficient (Wildman–Crippen LogP) is 3.19. The summed E-state index contributed by atoms with van der Waals surface area (Å²) in [6.07, 6.45) is 4.27. The van der Waals surface area contributed by atoms with Gasteiger partial charge in [0.15, 0.2) is 0 Å². The van der Waals surface area contributed by atoms with E-state index < -0.39 is 5.60 Å². The van der Waals surface area contributed by atoms with E-state index in [4.69, 9.17) is 9.15 Å². The van der Waals surface area contributed by atoms with Gasteiger partial charge in [-0.1, -0.05) is 0 Å². The largest absolute Gasteiger partial charge is 0.472 e. The van der Waals surface area contributed by atoms with Crippen molar-refractivity contribution in [1.29, 1.82) is 0 Å². The highest BCUT2D eigenvalue weighted by atomic mass is 16.6. The average Bonchev–Trinajstić information content (AvgIpc) is 3.05. The zero-order valence-electron chi connectivity index (χ0n) is 13.4. The highest BCUT2D eigenvalue weighted by Crippen LogP contribution is 2.20. The third-order valence-electron chi connectivity index (χ3n) is 3.69. The second-order valence-electron chi connectivity index (χ2n) is 6.77. The first-order valence-electron chi connectivity index (χ1n) is 7.58. The molecule has 1 aliphatic heterocycles. The van der Waals surface area contributed by atoms with Crippen molar-refractivity contribution in [3.63, 3.8) is 0 Å². The Kier molecular flexibility index (Phi) is 4.93. The number of nitrogens with one attached hydrogen (secondary N) is 1. The lowest BCUT2D eigenvalue weighted by Crippen LogP contribution is -2.36. The topological polar surface area (TPSA) is 54.7 Å². The quantitative estimate of drug-likeness (QED) is 0.926. The van der Waals surface area contributed by atoms with E-state index >= 15 is 0 Å². The molecule has 2 unspecified atom stereocenters. The number of hydrogen-bond acceptors (Lipinski definition) is 4. The number of amides is 1. The van der Waals surface area contributed by atoms with Crippen LogP contribution in [0.25, 0.3) is 0 Å². The monoisotopic (exact) mass is 294 g/mol. The molecule has 2 rings (SSSR count). The molecule has 5 nitrogen and oxygen atoms in total. The number of carbonyl (C=O) groups is 1. The Balaban J connectivity index is 1.74. The molecule has 5 heteroatoms. The van der Waals surface area contributed by atoms with Gasteiger partial charge in [0.2, 0.25) is 0 Å². The summed E-state index contributed by atoms with van der Waals surface area (Å²) in [5.41, 5.74) is 0.723. The summed E-state index contributed by atoms with van der Waals surface area (Å²) < 4.78 is 10.5. The molecule has 0 spiro atoms. The number of hydrogen-bond donors (Lipinski definition) is 1. The molecule has 0 bridgehead atoms. The first-order chi connectivity index (χ1) is 9.85. The first kappa shape index (κ1) is 15.9. The summed E-state index contributed by atoms with van der Waals surface area (Å²) in [5, 5.41) is 3.50. The SMILES string of the molecule is CC(NCC1CCN(C(=O)OC(C)(C)C)C1)c1ccoc1. The van der Waals surface area contributed by atoms with Crippen LogP contribution in [-0.2, 0) is 4.74 Å². The molecule has 1 aromatic heterocycles. The van der Waals surface area contributed by atoms with Gasteiger partial charge in [0.1, 0.15) is 5.60 Å². The number of ether oxygens (including phenoxy) is 1. The van der Waals surface area contributed by atoms with Crippen LogP contribution >= 0.6 is 0 Å². The Morgan fingerprint density at radius 2 is 2.33 bits per heavy atom. The maximum atomic E-state index is 12.0. The highest BCUT2D eigenvalue weighted by molar-refractivity contribution is 5.68. The molecular weight excluding hydrogens is 268 g/mol. The van der Waals surface area contributed by atoms with Crippen LogP contribution in [-0.4, -0.2) is 36.2 Å². The van der Waals surface area contributed by atoms with Gasteiger partial charge in [-0.3, -0.25) is 0 Å². The minimum Gasteiger partial charge on any atom is -0.472 e. The highest BCUT2D eigenvalue weighted by Gasteiger charge is 2.29. The summed E-state index contributed by atoms with van der Waals surface area (Å²) in [5.74, 6) is 0.479. The lowest BCUT2D eigenvalue weighted by atomic mass is 10.1. The van der Waals surface area contributed by atoms with Gasteiger partial charge in [-0.05, 0) is 46.1 Å². The van der Waals surface area contributed by atoms with Crippen molar-refractivity contribution < 1.29 is 13.9 Å². The normalized spacial score (nSPS) is 20.6. The van der Waals surface area contributed by atoms with Crippen molar-refractivity contribution in [2.24, 2.45) is 5.92 Å². The van der Waals surface area contributed by atoms with Crippen LogP contribution in [0.2, 0.25) is 0 Å². The average molecular weight is 294 g/mol. The number of furan rings is 1. The molecule has 118 valence electrons. The molecule has 0 radical (unpaired) electrons. The Morgan fingerprint density at radius 1 is 1.57 bits per heavy atom. The predicted molar refractivity (Wildman–Crippen MR) is 81.0 cm³/mol. The fraction of sp³-hybridized carbons (Fsp3) is 0.688. The summed E-state index contributed by atoms with van der Waals surface area (Å²) >= 11 is 0.